The van der Waals surface area contributed by atoms with Gasteiger partial charge in [0.2, 0.25) is 0 Å². The Balaban J connectivity index is 2.49. The molecule has 0 saturated carbocycles. The Morgan fingerprint density at radius 2 is 1.80 bits per heavy atom. The molecule has 2 nitrogen and oxygen atoms in total. The first kappa shape index (κ1) is 9.97. The highest BCUT2D eigenvalue weighted by atomic mass is 15.1. The van der Waals surface area contributed by atoms with Crippen LogP contribution in [0.3, 0.4) is 0 Å². The maximum absolute atomic E-state index is 4.44. The van der Waals surface area contributed by atoms with Crippen LogP contribution in [0.1, 0.15) is 25.2 Å². The molecule has 2 aromatic rings. The van der Waals surface area contributed by atoms with Gasteiger partial charge in [-0.15, -0.1) is 0 Å². The highest BCUT2D eigenvalue weighted by molar-refractivity contribution is 5.35. The van der Waals surface area contributed by atoms with E-state index >= 15 is 0 Å². The third-order valence-corrected chi connectivity index (χ3v) is 2.66. The third-order valence-electron chi connectivity index (χ3n) is 2.66. The molecule has 0 amide bonds. The summed E-state index contributed by atoms with van der Waals surface area (Å²) in [5.41, 5.74) is 3.73. The van der Waals surface area contributed by atoms with Crippen LogP contribution >= 0.6 is 0 Å². The predicted molar refractivity (Wildman–Crippen MR) is 62.3 cm³/mol. The average Bonchev–Trinajstić information content (AvgIpc) is 2.72. The standard InChI is InChI=1S/C13H16N2/c1-3-12-13(4-2)15(10-14-12)11-8-6-5-7-9-11/h5-10H,3-4H2,1-2H3. The summed E-state index contributed by atoms with van der Waals surface area (Å²) in [4.78, 5) is 4.44. The van der Waals surface area contributed by atoms with Crippen molar-refractivity contribution >= 4 is 0 Å². The minimum Gasteiger partial charge on any atom is -0.303 e. The molecular weight excluding hydrogens is 184 g/mol. The van der Waals surface area contributed by atoms with Crippen LogP contribution in [0.25, 0.3) is 5.69 Å². The van der Waals surface area contributed by atoms with Crippen LogP contribution in [-0.4, -0.2) is 9.55 Å². The molecule has 0 N–H and O–H groups in total. The first-order valence-corrected chi connectivity index (χ1v) is 5.47. The second kappa shape index (κ2) is 4.30. The van der Waals surface area contributed by atoms with E-state index in [0.29, 0.717) is 0 Å². The Morgan fingerprint density at radius 3 is 2.40 bits per heavy atom. The van der Waals surface area contributed by atoms with Gasteiger partial charge in [0.1, 0.15) is 0 Å². The summed E-state index contributed by atoms with van der Waals surface area (Å²) in [5, 5.41) is 0. The summed E-state index contributed by atoms with van der Waals surface area (Å²) in [7, 11) is 0. The number of para-hydroxylation sites is 1. The van der Waals surface area contributed by atoms with Crippen LogP contribution < -0.4 is 0 Å². The van der Waals surface area contributed by atoms with Crippen molar-refractivity contribution in [1.29, 1.82) is 0 Å². The van der Waals surface area contributed by atoms with Crippen molar-refractivity contribution in [2.75, 3.05) is 0 Å². The molecule has 0 unspecified atom stereocenters. The topological polar surface area (TPSA) is 17.8 Å². The van der Waals surface area contributed by atoms with E-state index in [4.69, 9.17) is 0 Å². The number of hydrogen-bond donors (Lipinski definition) is 0. The smallest absolute Gasteiger partial charge is 0.0997 e. The largest absolute Gasteiger partial charge is 0.303 e. The zero-order valence-electron chi connectivity index (χ0n) is 9.27. The van der Waals surface area contributed by atoms with Crippen LogP contribution in [-0.2, 0) is 12.8 Å². The highest BCUT2D eigenvalue weighted by Gasteiger charge is 2.07. The fourth-order valence-electron chi connectivity index (χ4n) is 1.89. The third kappa shape index (κ3) is 1.80. The second-order valence-corrected chi connectivity index (χ2v) is 3.55. The molecule has 0 spiro atoms. The highest BCUT2D eigenvalue weighted by Crippen LogP contribution is 2.15. The van der Waals surface area contributed by atoms with E-state index in [1.807, 2.05) is 12.4 Å². The Hall–Kier alpha value is -1.57. The predicted octanol–water partition coefficient (Wildman–Crippen LogP) is 3.00. The van der Waals surface area contributed by atoms with Crippen LogP contribution in [0.4, 0.5) is 0 Å². The molecule has 78 valence electrons. The Kier molecular flexibility index (Phi) is 2.86. The van der Waals surface area contributed by atoms with Crippen molar-refractivity contribution in [2.24, 2.45) is 0 Å². The van der Waals surface area contributed by atoms with Crippen LogP contribution in [0.15, 0.2) is 36.7 Å². The molecule has 0 atom stereocenters. The van der Waals surface area contributed by atoms with Crippen LogP contribution in [0.5, 0.6) is 0 Å². The average molecular weight is 200 g/mol. The monoisotopic (exact) mass is 200 g/mol. The first-order chi connectivity index (χ1) is 7.36. The number of benzene rings is 1. The maximum atomic E-state index is 4.44. The number of imidazole rings is 1. The summed E-state index contributed by atoms with van der Waals surface area (Å²) < 4.78 is 2.18. The van der Waals surface area contributed by atoms with E-state index < -0.39 is 0 Å². The summed E-state index contributed by atoms with van der Waals surface area (Å²) in [5.74, 6) is 0. The normalized spacial score (nSPS) is 10.5. The van der Waals surface area contributed by atoms with E-state index in [1.165, 1.54) is 17.1 Å². The SMILES string of the molecule is CCc1ncn(-c2ccccc2)c1CC. The summed E-state index contributed by atoms with van der Waals surface area (Å²) in [6.07, 6.45) is 3.95. The molecule has 2 rings (SSSR count). The number of nitrogens with zero attached hydrogens (tertiary/aromatic N) is 2. The number of aromatic nitrogens is 2. The van der Waals surface area contributed by atoms with Gasteiger partial charge in [0.05, 0.1) is 12.0 Å². The lowest BCUT2D eigenvalue weighted by molar-refractivity contribution is 0.909. The number of rotatable bonds is 3. The molecule has 0 aliphatic heterocycles. The second-order valence-electron chi connectivity index (χ2n) is 3.55. The summed E-state index contributed by atoms with van der Waals surface area (Å²) >= 11 is 0. The zero-order chi connectivity index (χ0) is 10.7. The fourth-order valence-corrected chi connectivity index (χ4v) is 1.89. The minimum absolute atomic E-state index is 1.00. The lowest BCUT2D eigenvalue weighted by Crippen LogP contribution is -1.99. The van der Waals surface area contributed by atoms with E-state index in [1.54, 1.807) is 0 Å². The number of hydrogen-bond acceptors (Lipinski definition) is 1. The lowest BCUT2D eigenvalue weighted by atomic mass is 10.2. The summed E-state index contributed by atoms with van der Waals surface area (Å²) in [6, 6.07) is 10.4. The van der Waals surface area contributed by atoms with Gasteiger partial charge in [-0.05, 0) is 25.0 Å². The van der Waals surface area contributed by atoms with Crippen molar-refractivity contribution < 1.29 is 0 Å². The minimum atomic E-state index is 1.00. The Labute approximate surface area is 90.6 Å². The fraction of sp³-hybridized carbons (Fsp3) is 0.308. The van der Waals surface area contributed by atoms with E-state index in [9.17, 15) is 0 Å². The Morgan fingerprint density at radius 1 is 1.07 bits per heavy atom. The van der Waals surface area contributed by atoms with Gasteiger partial charge in [-0.2, -0.15) is 0 Å². The van der Waals surface area contributed by atoms with Gasteiger partial charge in [-0.1, -0.05) is 32.0 Å². The molecule has 1 aromatic carbocycles. The van der Waals surface area contributed by atoms with Crippen molar-refractivity contribution in [3.63, 3.8) is 0 Å². The molecule has 1 heterocycles. The molecule has 0 aliphatic rings. The molecule has 0 radical (unpaired) electrons. The Bertz CT molecular complexity index is 429. The molecule has 0 aliphatic carbocycles. The summed E-state index contributed by atoms with van der Waals surface area (Å²) in [6.45, 7) is 4.33. The molecular formula is C13H16N2. The van der Waals surface area contributed by atoms with Gasteiger partial charge in [0.25, 0.3) is 0 Å². The van der Waals surface area contributed by atoms with Gasteiger partial charge in [-0.25, -0.2) is 4.98 Å². The molecule has 1 aromatic heterocycles. The van der Waals surface area contributed by atoms with Crippen LogP contribution in [0.2, 0.25) is 0 Å². The molecule has 15 heavy (non-hydrogen) atoms. The quantitative estimate of drug-likeness (QED) is 0.744. The number of aryl methyl sites for hydroxylation is 1. The van der Waals surface area contributed by atoms with Crippen molar-refractivity contribution in [3.8, 4) is 5.69 Å². The van der Waals surface area contributed by atoms with Crippen molar-refractivity contribution in [2.45, 2.75) is 26.7 Å². The maximum Gasteiger partial charge on any atom is 0.0997 e. The van der Waals surface area contributed by atoms with Crippen LogP contribution in [0, 0.1) is 0 Å². The van der Waals surface area contributed by atoms with Crippen molar-refractivity contribution in [1.82, 2.24) is 9.55 Å². The lowest BCUT2D eigenvalue weighted by Gasteiger charge is -2.07. The first-order valence-electron chi connectivity index (χ1n) is 5.47. The van der Waals surface area contributed by atoms with E-state index in [0.717, 1.165) is 12.8 Å². The van der Waals surface area contributed by atoms with Gasteiger partial charge in [0.15, 0.2) is 0 Å². The molecule has 0 saturated heterocycles. The molecule has 2 heteroatoms. The van der Waals surface area contributed by atoms with Gasteiger partial charge in [-0.3, -0.25) is 0 Å². The van der Waals surface area contributed by atoms with Gasteiger partial charge < -0.3 is 4.57 Å². The zero-order valence-corrected chi connectivity index (χ0v) is 9.27. The molecule has 0 bridgehead atoms. The van der Waals surface area contributed by atoms with E-state index in [-0.39, 0.29) is 0 Å². The van der Waals surface area contributed by atoms with Gasteiger partial charge >= 0.3 is 0 Å². The molecule has 0 fully saturated rings. The van der Waals surface area contributed by atoms with Crippen molar-refractivity contribution in [3.05, 3.63) is 48.0 Å². The van der Waals surface area contributed by atoms with Gasteiger partial charge in [0, 0.05) is 11.4 Å². The van der Waals surface area contributed by atoms with E-state index in [2.05, 4.69) is 47.7 Å².